The molecule has 1 fully saturated rings. The minimum absolute atomic E-state index is 0.669. The fourth-order valence-electron chi connectivity index (χ4n) is 2.28. The predicted molar refractivity (Wildman–Crippen MR) is 81.6 cm³/mol. The molecule has 0 aliphatic heterocycles. The topological polar surface area (TPSA) is 12.0 Å². The lowest BCUT2D eigenvalue weighted by Gasteiger charge is -2.34. The van der Waals surface area contributed by atoms with Crippen molar-refractivity contribution in [2.24, 2.45) is 5.92 Å². The van der Waals surface area contributed by atoms with E-state index in [1.807, 2.05) is 23.9 Å². The number of thioether (sulfide) groups is 1. The summed E-state index contributed by atoms with van der Waals surface area (Å²) in [4.78, 5) is 1.28. The third kappa shape index (κ3) is 4.18. The van der Waals surface area contributed by atoms with E-state index < -0.39 is 0 Å². The van der Waals surface area contributed by atoms with Crippen molar-refractivity contribution in [3.05, 3.63) is 29.3 Å². The summed E-state index contributed by atoms with van der Waals surface area (Å²) >= 11 is 7.94. The summed E-state index contributed by atoms with van der Waals surface area (Å²) in [6.45, 7) is 3.37. The molecule has 1 aliphatic carbocycles. The van der Waals surface area contributed by atoms with Gasteiger partial charge in [0, 0.05) is 21.7 Å². The fourth-order valence-corrected chi connectivity index (χ4v) is 3.68. The van der Waals surface area contributed by atoms with Crippen molar-refractivity contribution in [1.29, 1.82) is 0 Å². The molecule has 18 heavy (non-hydrogen) atoms. The van der Waals surface area contributed by atoms with Crippen LogP contribution in [-0.4, -0.2) is 18.3 Å². The van der Waals surface area contributed by atoms with Gasteiger partial charge in [0.05, 0.1) is 0 Å². The Morgan fingerprint density at radius 1 is 1.44 bits per heavy atom. The second-order valence-electron chi connectivity index (χ2n) is 5.02. The largest absolute Gasteiger partial charge is 0.313 e. The standard InChI is InChI=1S/C15H22ClNS/c1-2-9-17-15(12-5-3-6-12)11-18-14-8-4-7-13(16)10-14/h4,7-8,10,12,15,17H,2-3,5-6,9,11H2,1H3. The van der Waals surface area contributed by atoms with Crippen LogP contribution in [0.1, 0.15) is 32.6 Å². The van der Waals surface area contributed by atoms with E-state index in [1.54, 1.807) is 0 Å². The van der Waals surface area contributed by atoms with Crippen LogP contribution in [0.15, 0.2) is 29.2 Å². The van der Waals surface area contributed by atoms with Crippen molar-refractivity contribution >= 4 is 23.4 Å². The molecule has 0 saturated heterocycles. The Bertz CT molecular complexity index is 365. The normalized spacial score (nSPS) is 17.4. The minimum Gasteiger partial charge on any atom is -0.313 e. The maximum Gasteiger partial charge on any atom is 0.0417 e. The third-order valence-electron chi connectivity index (χ3n) is 3.60. The van der Waals surface area contributed by atoms with Crippen LogP contribution in [0.2, 0.25) is 5.02 Å². The highest BCUT2D eigenvalue weighted by Crippen LogP contribution is 2.32. The summed E-state index contributed by atoms with van der Waals surface area (Å²) in [6, 6.07) is 8.84. The molecule has 0 bridgehead atoms. The molecular formula is C15H22ClNS. The van der Waals surface area contributed by atoms with E-state index >= 15 is 0 Å². The fraction of sp³-hybridized carbons (Fsp3) is 0.600. The van der Waals surface area contributed by atoms with Gasteiger partial charge in [-0.25, -0.2) is 0 Å². The van der Waals surface area contributed by atoms with Crippen LogP contribution in [0.25, 0.3) is 0 Å². The van der Waals surface area contributed by atoms with Crippen molar-refractivity contribution < 1.29 is 0 Å². The van der Waals surface area contributed by atoms with Gasteiger partial charge in [-0.15, -0.1) is 11.8 Å². The quantitative estimate of drug-likeness (QED) is 0.734. The van der Waals surface area contributed by atoms with Crippen LogP contribution in [0, 0.1) is 5.92 Å². The van der Waals surface area contributed by atoms with Crippen molar-refractivity contribution in [2.45, 2.75) is 43.5 Å². The van der Waals surface area contributed by atoms with E-state index in [2.05, 4.69) is 24.4 Å². The Hall–Kier alpha value is -0.180. The summed E-state index contributed by atoms with van der Waals surface area (Å²) < 4.78 is 0. The van der Waals surface area contributed by atoms with Crippen molar-refractivity contribution in [1.82, 2.24) is 5.32 Å². The molecule has 1 aromatic carbocycles. The molecule has 1 aromatic rings. The molecule has 1 saturated carbocycles. The van der Waals surface area contributed by atoms with E-state index in [1.165, 1.54) is 30.6 Å². The first-order chi connectivity index (χ1) is 8.79. The van der Waals surface area contributed by atoms with E-state index in [4.69, 9.17) is 11.6 Å². The Labute approximate surface area is 120 Å². The molecule has 2 rings (SSSR count). The zero-order valence-electron chi connectivity index (χ0n) is 11.0. The van der Waals surface area contributed by atoms with E-state index in [0.29, 0.717) is 6.04 Å². The Morgan fingerprint density at radius 3 is 2.89 bits per heavy atom. The lowest BCUT2D eigenvalue weighted by molar-refractivity contribution is 0.244. The van der Waals surface area contributed by atoms with Gasteiger partial charge in [-0.1, -0.05) is 31.0 Å². The monoisotopic (exact) mass is 283 g/mol. The predicted octanol–water partition coefficient (Wildman–Crippen LogP) is 4.60. The average Bonchev–Trinajstić information content (AvgIpc) is 2.30. The molecule has 1 aliphatic rings. The molecule has 1 N–H and O–H groups in total. The van der Waals surface area contributed by atoms with E-state index in [0.717, 1.165) is 23.2 Å². The lowest BCUT2D eigenvalue weighted by Crippen LogP contribution is -2.41. The zero-order chi connectivity index (χ0) is 12.8. The van der Waals surface area contributed by atoms with Gasteiger partial charge >= 0.3 is 0 Å². The smallest absolute Gasteiger partial charge is 0.0417 e. The number of rotatable bonds is 7. The summed E-state index contributed by atoms with van der Waals surface area (Å²) in [5.41, 5.74) is 0. The highest BCUT2D eigenvalue weighted by atomic mass is 35.5. The number of hydrogen-bond acceptors (Lipinski definition) is 2. The number of nitrogens with one attached hydrogen (secondary N) is 1. The van der Waals surface area contributed by atoms with Crippen molar-refractivity contribution in [3.63, 3.8) is 0 Å². The van der Waals surface area contributed by atoms with E-state index in [-0.39, 0.29) is 0 Å². The minimum atomic E-state index is 0.669. The summed E-state index contributed by atoms with van der Waals surface area (Å²) in [7, 11) is 0. The Kier molecular flexibility index (Phi) is 5.87. The van der Waals surface area contributed by atoms with Gasteiger partial charge in [-0.05, 0) is 49.9 Å². The number of benzene rings is 1. The van der Waals surface area contributed by atoms with Gasteiger partial charge in [-0.3, -0.25) is 0 Å². The molecular weight excluding hydrogens is 262 g/mol. The summed E-state index contributed by atoms with van der Waals surface area (Å²) in [5.74, 6) is 2.05. The number of halogens is 1. The summed E-state index contributed by atoms with van der Waals surface area (Å²) in [6.07, 6.45) is 5.43. The average molecular weight is 284 g/mol. The van der Waals surface area contributed by atoms with Crippen LogP contribution < -0.4 is 5.32 Å². The first kappa shape index (κ1) is 14.2. The first-order valence-corrected chi connectivity index (χ1v) is 8.27. The molecule has 0 radical (unpaired) electrons. The van der Waals surface area contributed by atoms with E-state index in [9.17, 15) is 0 Å². The Balaban J connectivity index is 1.84. The first-order valence-electron chi connectivity index (χ1n) is 6.91. The molecule has 0 heterocycles. The van der Waals surface area contributed by atoms with Gasteiger partial charge in [0.15, 0.2) is 0 Å². The SMILES string of the molecule is CCCNC(CSc1cccc(Cl)c1)C1CCC1. The summed E-state index contributed by atoms with van der Waals surface area (Å²) in [5, 5.41) is 4.54. The van der Waals surface area contributed by atoms with Crippen LogP contribution in [0.4, 0.5) is 0 Å². The van der Waals surface area contributed by atoms with Gasteiger partial charge in [0.25, 0.3) is 0 Å². The highest BCUT2D eigenvalue weighted by Gasteiger charge is 2.26. The van der Waals surface area contributed by atoms with Crippen molar-refractivity contribution in [2.75, 3.05) is 12.3 Å². The van der Waals surface area contributed by atoms with Gasteiger partial charge in [-0.2, -0.15) is 0 Å². The maximum absolute atomic E-state index is 6.02. The van der Waals surface area contributed by atoms with Crippen LogP contribution in [0.3, 0.4) is 0 Å². The number of hydrogen-bond donors (Lipinski definition) is 1. The Morgan fingerprint density at radius 2 is 2.28 bits per heavy atom. The second kappa shape index (κ2) is 7.42. The molecule has 1 atom stereocenters. The van der Waals surface area contributed by atoms with Crippen molar-refractivity contribution in [3.8, 4) is 0 Å². The molecule has 0 amide bonds. The van der Waals surface area contributed by atoms with Crippen LogP contribution in [0.5, 0.6) is 0 Å². The molecule has 1 unspecified atom stereocenters. The zero-order valence-corrected chi connectivity index (χ0v) is 12.6. The van der Waals surface area contributed by atoms with Gasteiger partial charge in [0.1, 0.15) is 0 Å². The molecule has 0 spiro atoms. The maximum atomic E-state index is 6.02. The second-order valence-corrected chi connectivity index (χ2v) is 6.55. The van der Waals surface area contributed by atoms with Crippen LogP contribution >= 0.6 is 23.4 Å². The molecule has 1 nitrogen and oxygen atoms in total. The molecule has 3 heteroatoms. The highest BCUT2D eigenvalue weighted by molar-refractivity contribution is 7.99. The molecule has 0 aromatic heterocycles. The van der Waals surface area contributed by atoms with Gasteiger partial charge < -0.3 is 5.32 Å². The lowest BCUT2D eigenvalue weighted by atomic mass is 9.80. The van der Waals surface area contributed by atoms with Gasteiger partial charge in [0.2, 0.25) is 0 Å². The molecule has 100 valence electrons. The van der Waals surface area contributed by atoms with Crippen LogP contribution in [-0.2, 0) is 0 Å². The third-order valence-corrected chi connectivity index (χ3v) is 4.95.